The lowest BCUT2D eigenvalue weighted by Crippen LogP contribution is -2.54. The maximum Gasteiger partial charge on any atom is 0.186 e. The molecule has 1 rings (SSSR count). The third-order valence-corrected chi connectivity index (χ3v) is 3.80. The smallest absolute Gasteiger partial charge is 0.186 e. The minimum absolute atomic E-state index is 0.0551. The van der Waals surface area contributed by atoms with Gasteiger partial charge in [0.25, 0.3) is 0 Å². The molecule has 0 aromatic heterocycles. The fourth-order valence-electron chi connectivity index (χ4n) is 2.38. The zero-order valence-corrected chi connectivity index (χ0v) is 12.9. The van der Waals surface area contributed by atoms with Crippen LogP contribution in [0.2, 0.25) is 0 Å². The Balaban J connectivity index is 2.08. The summed E-state index contributed by atoms with van der Waals surface area (Å²) < 4.78 is 10.4. The molecule has 0 saturated carbocycles. The van der Waals surface area contributed by atoms with Gasteiger partial charge in [0.2, 0.25) is 0 Å². The van der Waals surface area contributed by atoms with Crippen LogP contribution >= 0.6 is 0 Å². The standard InChI is InChI=1S/C15H30O6/c1-2-3-4-5-6-7-8-11(16)9-20-15-14(19)13(18)12(17)10-21-15/h11-19H,2-10H2,1H3. The Morgan fingerprint density at radius 2 is 1.71 bits per heavy atom. The van der Waals surface area contributed by atoms with E-state index in [4.69, 9.17) is 9.47 Å². The largest absolute Gasteiger partial charge is 0.391 e. The van der Waals surface area contributed by atoms with E-state index < -0.39 is 30.7 Å². The second-order valence-electron chi connectivity index (χ2n) is 5.79. The molecule has 4 N–H and O–H groups in total. The van der Waals surface area contributed by atoms with Crippen LogP contribution in [0.25, 0.3) is 0 Å². The summed E-state index contributed by atoms with van der Waals surface area (Å²) in [4.78, 5) is 0. The average molecular weight is 306 g/mol. The molecule has 0 aromatic carbocycles. The summed E-state index contributed by atoms with van der Waals surface area (Å²) in [5, 5.41) is 38.3. The van der Waals surface area contributed by atoms with E-state index in [0.717, 1.165) is 12.8 Å². The normalized spacial score (nSPS) is 31.3. The van der Waals surface area contributed by atoms with Crippen molar-refractivity contribution in [2.24, 2.45) is 0 Å². The van der Waals surface area contributed by atoms with E-state index in [-0.39, 0.29) is 13.2 Å². The molecule has 6 nitrogen and oxygen atoms in total. The Labute approximate surface area is 126 Å². The number of hydrogen-bond acceptors (Lipinski definition) is 6. The van der Waals surface area contributed by atoms with E-state index in [1.165, 1.54) is 25.7 Å². The van der Waals surface area contributed by atoms with Crippen molar-refractivity contribution < 1.29 is 29.9 Å². The molecule has 1 heterocycles. The van der Waals surface area contributed by atoms with Crippen molar-refractivity contribution in [2.45, 2.75) is 82.6 Å². The fourth-order valence-corrected chi connectivity index (χ4v) is 2.38. The summed E-state index contributed by atoms with van der Waals surface area (Å²) in [7, 11) is 0. The zero-order valence-electron chi connectivity index (χ0n) is 12.9. The second kappa shape index (κ2) is 10.5. The van der Waals surface area contributed by atoms with Crippen molar-refractivity contribution in [1.29, 1.82) is 0 Å². The Hall–Kier alpha value is -0.240. The van der Waals surface area contributed by atoms with Gasteiger partial charge in [-0.2, -0.15) is 0 Å². The van der Waals surface area contributed by atoms with Crippen LogP contribution in [0.3, 0.4) is 0 Å². The molecule has 6 heteroatoms. The predicted octanol–water partition coefficient (Wildman–Crippen LogP) is 0.553. The van der Waals surface area contributed by atoms with Gasteiger partial charge >= 0.3 is 0 Å². The van der Waals surface area contributed by atoms with Gasteiger partial charge in [-0.3, -0.25) is 0 Å². The van der Waals surface area contributed by atoms with Gasteiger partial charge in [-0.05, 0) is 6.42 Å². The predicted molar refractivity (Wildman–Crippen MR) is 77.7 cm³/mol. The van der Waals surface area contributed by atoms with Crippen LogP contribution in [-0.4, -0.2) is 64.3 Å². The van der Waals surface area contributed by atoms with Crippen LogP contribution < -0.4 is 0 Å². The van der Waals surface area contributed by atoms with Crippen LogP contribution in [0.5, 0.6) is 0 Å². The summed E-state index contributed by atoms with van der Waals surface area (Å²) in [6.07, 6.45) is 2.34. The third kappa shape index (κ3) is 7.04. The van der Waals surface area contributed by atoms with Gasteiger partial charge < -0.3 is 29.9 Å². The van der Waals surface area contributed by atoms with Crippen LogP contribution in [-0.2, 0) is 9.47 Å². The number of aliphatic hydroxyl groups is 4. The molecule has 0 spiro atoms. The van der Waals surface area contributed by atoms with E-state index in [1.54, 1.807) is 0 Å². The number of rotatable bonds is 10. The minimum atomic E-state index is -1.30. The zero-order chi connectivity index (χ0) is 15.7. The first-order chi connectivity index (χ1) is 10.1. The molecule has 0 radical (unpaired) electrons. The molecule has 0 aliphatic carbocycles. The molecule has 5 atom stereocenters. The first-order valence-corrected chi connectivity index (χ1v) is 8.01. The Kier molecular flexibility index (Phi) is 9.39. The first-order valence-electron chi connectivity index (χ1n) is 8.01. The van der Waals surface area contributed by atoms with E-state index in [1.807, 2.05) is 0 Å². The topological polar surface area (TPSA) is 99.4 Å². The number of unbranched alkanes of at least 4 members (excludes halogenated alkanes) is 5. The Morgan fingerprint density at radius 3 is 2.43 bits per heavy atom. The lowest BCUT2D eigenvalue weighted by Gasteiger charge is -2.35. The average Bonchev–Trinajstić information content (AvgIpc) is 2.47. The minimum Gasteiger partial charge on any atom is -0.391 e. The highest BCUT2D eigenvalue weighted by Gasteiger charge is 2.38. The fraction of sp³-hybridized carbons (Fsp3) is 1.00. The van der Waals surface area contributed by atoms with E-state index in [2.05, 4.69) is 6.92 Å². The summed E-state index contributed by atoms with van der Waals surface area (Å²) in [6, 6.07) is 0. The van der Waals surface area contributed by atoms with Gasteiger partial charge in [-0.15, -0.1) is 0 Å². The van der Waals surface area contributed by atoms with Crippen molar-refractivity contribution in [3.8, 4) is 0 Å². The van der Waals surface area contributed by atoms with Crippen molar-refractivity contribution in [1.82, 2.24) is 0 Å². The van der Waals surface area contributed by atoms with Gasteiger partial charge in [-0.1, -0.05) is 45.4 Å². The summed E-state index contributed by atoms with van der Waals surface area (Å²) >= 11 is 0. The molecule has 1 aliphatic heterocycles. The number of hydrogen-bond donors (Lipinski definition) is 4. The lowest BCUT2D eigenvalue weighted by molar-refractivity contribution is -0.274. The van der Waals surface area contributed by atoms with Crippen molar-refractivity contribution in [2.75, 3.05) is 13.2 Å². The maximum absolute atomic E-state index is 9.81. The molecule has 0 amide bonds. The molecular weight excluding hydrogens is 276 g/mol. The second-order valence-corrected chi connectivity index (χ2v) is 5.79. The lowest BCUT2D eigenvalue weighted by atomic mass is 10.1. The molecule has 0 bridgehead atoms. The highest BCUT2D eigenvalue weighted by molar-refractivity contribution is 4.82. The molecule has 5 unspecified atom stereocenters. The van der Waals surface area contributed by atoms with Crippen LogP contribution in [0.15, 0.2) is 0 Å². The molecule has 0 aromatic rings. The monoisotopic (exact) mass is 306 g/mol. The Morgan fingerprint density at radius 1 is 1.05 bits per heavy atom. The van der Waals surface area contributed by atoms with E-state index in [9.17, 15) is 20.4 Å². The molecule has 21 heavy (non-hydrogen) atoms. The summed E-state index contributed by atoms with van der Waals surface area (Å²) in [5.41, 5.74) is 0. The van der Waals surface area contributed by atoms with E-state index >= 15 is 0 Å². The van der Waals surface area contributed by atoms with Crippen LogP contribution in [0.1, 0.15) is 51.9 Å². The SMILES string of the molecule is CCCCCCCCC(O)COC1OCC(O)C(O)C1O. The van der Waals surface area contributed by atoms with Crippen molar-refractivity contribution >= 4 is 0 Å². The molecule has 1 aliphatic rings. The quantitative estimate of drug-likeness (QED) is 0.440. The molecule has 1 fully saturated rings. The highest BCUT2D eigenvalue weighted by atomic mass is 16.7. The van der Waals surface area contributed by atoms with Crippen molar-refractivity contribution in [3.05, 3.63) is 0 Å². The number of ether oxygens (including phenoxy) is 2. The highest BCUT2D eigenvalue weighted by Crippen LogP contribution is 2.17. The first kappa shape index (κ1) is 18.8. The van der Waals surface area contributed by atoms with Crippen molar-refractivity contribution in [3.63, 3.8) is 0 Å². The summed E-state index contributed by atoms with van der Waals surface area (Å²) in [5.74, 6) is 0. The van der Waals surface area contributed by atoms with Gasteiger partial charge in [0.1, 0.15) is 18.3 Å². The molecule has 1 saturated heterocycles. The van der Waals surface area contributed by atoms with Gasteiger partial charge in [0, 0.05) is 0 Å². The maximum atomic E-state index is 9.81. The number of aliphatic hydroxyl groups excluding tert-OH is 4. The van der Waals surface area contributed by atoms with E-state index in [0.29, 0.717) is 6.42 Å². The third-order valence-electron chi connectivity index (χ3n) is 3.80. The van der Waals surface area contributed by atoms with Crippen LogP contribution in [0.4, 0.5) is 0 Å². The van der Waals surface area contributed by atoms with Crippen LogP contribution in [0, 0.1) is 0 Å². The van der Waals surface area contributed by atoms with Gasteiger partial charge in [-0.25, -0.2) is 0 Å². The summed E-state index contributed by atoms with van der Waals surface area (Å²) in [6.45, 7) is 2.15. The van der Waals surface area contributed by atoms with Gasteiger partial charge in [0.05, 0.1) is 19.3 Å². The molecule has 126 valence electrons. The molecular formula is C15H30O6. The van der Waals surface area contributed by atoms with Gasteiger partial charge in [0.15, 0.2) is 6.29 Å². The Bertz CT molecular complexity index is 263.